The zero-order valence-corrected chi connectivity index (χ0v) is 8.23. The van der Waals surface area contributed by atoms with Gasteiger partial charge in [-0.3, -0.25) is 0 Å². The third-order valence-corrected chi connectivity index (χ3v) is 2.84. The molecule has 1 atom stereocenters. The van der Waals surface area contributed by atoms with Gasteiger partial charge in [0.05, 0.1) is 0 Å². The highest BCUT2D eigenvalue weighted by molar-refractivity contribution is 5.51. The lowest BCUT2D eigenvalue weighted by atomic mass is 10.1. The van der Waals surface area contributed by atoms with Gasteiger partial charge in [-0.2, -0.15) is 0 Å². The highest BCUT2D eigenvalue weighted by atomic mass is 16.1. The van der Waals surface area contributed by atoms with E-state index in [1.165, 1.54) is 5.69 Å². The van der Waals surface area contributed by atoms with Crippen molar-refractivity contribution in [3.05, 3.63) is 30.3 Å². The van der Waals surface area contributed by atoms with E-state index in [0.29, 0.717) is 12.3 Å². The molecule has 1 aliphatic rings. The van der Waals surface area contributed by atoms with E-state index in [0.717, 1.165) is 25.8 Å². The molecule has 2 heteroatoms. The first-order valence-corrected chi connectivity index (χ1v) is 5.14. The van der Waals surface area contributed by atoms with Crippen LogP contribution in [0.5, 0.6) is 0 Å². The quantitative estimate of drug-likeness (QED) is 0.679. The van der Waals surface area contributed by atoms with E-state index in [1.54, 1.807) is 0 Å². The molecule has 0 radical (unpaired) electrons. The molecular formula is C12H15NO. The van der Waals surface area contributed by atoms with Crippen molar-refractivity contribution in [3.8, 4) is 0 Å². The van der Waals surface area contributed by atoms with Gasteiger partial charge in [-0.15, -0.1) is 0 Å². The summed E-state index contributed by atoms with van der Waals surface area (Å²) in [5.41, 5.74) is 1.28. The van der Waals surface area contributed by atoms with Crippen LogP contribution in [0.3, 0.4) is 0 Å². The van der Waals surface area contributed by atoms with Gasteiger partial charge >= 0.3 is 0 Å². The average Bonchev–Trinajstić information content (AvgIpc) is 2.68. The second-order valence-electron chi connectivity index (χ2n) is 3.84. The van der Waals surface area contributed by atoms with Crippen LogP contribution < -0.4 is 4.90 Å². The molecule has 0 saturated carbocycles. The van der Waals surface area contributed by atoms with E-state index in [-0.39, 0.29) is 0 Å². The maximum absolute atomic E-state index is 10.4. The molecule has 0 bridgehead atoms. The van der Waals surface area contributed by atoms with Crippen molar-refractivity contribution in [2.45, 2.75) is 12.8 Å². The van der Waals surface area contributed by atoms with Gasteiger partial charge in [0.15, 0.2) is 0 Å². The van der Waals surface area contributed by atoms with E-state index < -0.39 is 0 Å². The van der Waals surface area contributed by atoms with Crippen molar-refractivity contribution in [2.75, 3.05) is 18.0 Å². The molecule has 0 aliphatic carbocycles. The van der Waals surface area contributed by atoms with Crippen LogP contribution in [0, 0.1) is 5.92 Å². The SMILES string of the molecule is O=CCC1CCN(c2ccccc2)C1. The lowest BCUT2D eigenvalue weighted by Gasteiger charge is -2.17. The van der Waals surface area contributed by atoms with Crippen LogP contribution in [0.1, 0.15) is 12.8 Å². The second kappa shape index (κ2) is 4.27. The van der Waals surface area contributed by atoms with Crippen LogP contribution in [0.15, 0.2) is 30.3 Å². The minimum Gasteiger partial charge on any atom is -0.371 e. The summed E-state index contributed by atoms with van der Waals surface area (Å²) in [5.74, 6) is 0.563. The molecule has 0 amide bonds. The van der Waals surface area contributed by atoms with E-state index in [4.69, 9.17) is 0 Å². The minimum atomic E-state index is 0.563. The number of rotatable bonds is 3. The molecule has 1 aromatic rings. The normalized spacial score (nSPS) is 21.1. The molecule has 0 N–H and O–H groups in total. The zero-order chi connectivity index (χ0) is 9.80. The summed E-state index contributed by atoms with van der Waals surface area (Å²) in [6.07, 6.45) is 2.90. The molecule has 1 aromatic carbocycles. The van der Waals surface area contributed by atoms with Gasteiger partial charge in [0.25, 0.3) is 0 Å². The third kappa shape index (κ3) is 1.95. The van der Waals surface area contributed by atoms with Crippen LogP contribution in [0.25, 0.3) is 0 Å². The van der Waals surface area contributed by atoms with Crippen molar-refractivity contribution < 1.29 is 4.79 Å². The number of carbonyl (C=O) groups excluding carboxylic acids is 1. The molecule has 1 fully saturated rings. The summed E-state index contributed by atoms with van der Waals surface area (Å²) in [7, 11) is 0. The summed E-state index contributed by atoms with van der Waals surface area (Å²) in [6.45, 7) is 2.12. The largest absolute Gasteiger partial charge is 0.371 e. The van der Waals surface area contributed by atoms with E-state index in [2.05, 4.69) is 29.2 Å². The van der Waals surface area contributed by atoms with Crippen molar-refractivity contribution in [3.63, 3.8) is 0 Å². The molecule has 1 unspecified atom stereocenters. The predicted molar refractivity (Wildman–Crippen MR) is 57.4 cm³/mol. The summed E-state index contributed by atoms with van der Waals surface area (Å²) < 4.78 is 0. The van der Waals surface area contributed by atoms with Gasteiger partial charge in [0.1, 0.15) is 6.29 Å². The smallest absolute Gasteiger partial charge is 0.120 e. The van der Waals surface area contributed by atoms with Gasteiger partial charge in [0.2, 0.25) is 0 Å². The van der Waals surface area contributed by atoms with Gasteiger partial charge < -0.3 is 9.69 Å². The predicted octanol–water partition coefficient (Wildman–Crippen LogP) is 2.10. The molecule has 14 heavy (non-hydrogen) atoms. The van der Waals surface area contributed by atoms with Crippen molar-refractivity contribution in [1.82, 2.24) is 0 Å². The Morgan fingerprint density at radius 3 is 2.86 bits per heavy atom. The van der Waals surface area contributed by atoms with Crippen LogP contribution >= 0.6 is 0 Å². The standard InChI is InChI=1S/C12H15NO/c14-9-7-11-6-8-13(10-11)12-4-2-1-3-5-12/h1-5,9,11H,6-8,10H2. The number of para-hydroxylation sites is 1. The fourth-order valence-corrected chi connectivity index (χ4v) is 2.03. The Balaban J connectivity index is 1.99. The summed E-state index contributed by atoms with van der Waals surface area (Å²) in [4.78, 5) is 12.7. The molecule has 0 spiro atoms. The van der Waals surface area contributed by atoms with E-state index in [9.17, 15) is 4.79 Å². The first-order valence-electron chi connectivity index (χ1n) is 5.14. The van der Waals surface area contributed by atoms with Crippen LogP contribution in [0.4, 0.5) is 5.69 Å². The van der Waals surface area contributed by atoms with Crippen molar-refractivity contribution >= 4 is 12.0 Å². The maximum atomic E-state index is 10.4. The van der Waals surface area contributed by atoms with E-state index in [1.807, 2.05) is 6.07 Å². The third-order valence-electron chi connectivity index (χ3n) is 2.84. The van der Waals surface area contributed by atoms with Crippen molar-refractivity contribution in [1.29, 1.82) is 0 Å². The summed E-state index contributed by atoms with van der Waals surface area (Å²) in [6, 6.07) is 10.4. The zero-order valence-electron chi connectivity index (χ0n) is 8.23. The molecule has 1 heterocycles. The number of hydrogen-bond donors (Lipinski definition) is 0. The van der Waals surface area contributed by atoms with Crippen LogP contribution in [0.2, 0.25) is 0 Å². The topological polar surface area (TPSA) is 20.3 Å². The highest BCUT2D eigenvalue weighted by Crippen LogP contribution is 2.24. The monoisotopic (exact) mass is 189 g/mol. The Bertz CT molecular complexity index is 296. The lowest BCUT2D eigenvalue weighted by Crippen LogP contribution is -2.19. The fraction of sp³-hybridized carbons (Fsp3) is 0.417. The van der Waals surface area contributed by atoms with Crippen molar-refractivity contribution in [2.24, 2.45) is 5.92 Å². The molecule has 1 aliphatic heterocycles. The minimum absolute atomic E-state index is 0.563. The molecular weight excluding hydrogens is 174 g/mol. The van der Waals surface area contributed by atoms with Crippen LogP contribution in [-0.4, -0.2) is 19.4 Å². The Labute approximate surface area is 84.5 Å². The lowest BCUT2D eigenvalue weighted by molar-refractivity contribution is -0.108. The van der Waals surface area contributed by atoms with Crippen LogP contribution in [-0.2, 0) is 4.79 Å². The highest BCUT2D eigenvalue weighted by Gasteiger charge is 2.21. The number of nitrogens with zero attached hydrogens (tertiary/aromatic N) is 1. The van der Waals surface area contributed by atoms with Gasteiger partial charge in [-0.05, 0) is 24.5 Å². The molecule has 74 valence electrons. The first-order chi connectivity index (χ1) is 6.90. The van der Waals surface area contributed by atoms with Gasteiger partial charge in [0, 0.05) is 25.2 Å². The second-order valence-corrected chi connectivity index (χ2v) is 3.84. The Hall–Kier alpha value is -1.31. The molecule has 2 nitrogen and oxygen atoms in total. The Kier molecular flexibility index (Phi) is 2.82. The number of carbonyl (C=O) groups is 1. The van der Waals surface area contributed by atoms with Gasteiger partial charge in [-0.1, -0.05) is 18.2 Å². The molecule has 2 rings (SSSR count). The summed E-state index contributed by atoms with van der Waals surface area (Å²) in [5, 5.41) is 0. The number of benzene rings is 1. The van der Waals surface area contributed by atoms with E-state index >= 15 is 0 Å². The number of anilines is 1. The molecule has 1 saturated heterocycles. The maximum Gasteiger partial charge on any atom is 0.120 e. The first kappa shape index (κ1) is 9.25. The Morgan fingerprint density at radius 2 is 2.14 bits per heavy atom. The molecule has 0 aromatic heterocycles. The number of aldehydes is 1. The van der Waals surface area contributed by atoms with Gasteiger partial charge in [-0.25, -0.2) is 0 Å². The Morgan fingerprint density at radius 1 is 1.36 bits per heavy atom. The fourth-order valence-electron chi connectivity index (χ4n) is 2.03. The summed E-state index contributed by atoms with van der Waals surface area (Å²) >= 11 is 0. The average molecular weight is 189 g/mol. The number of hydrogen-bond acceptors (Lipinski definition) is 2.